The Hall–Kier alpha value is -2.25. The van der Waals surface area contributed by atoms with Crippen LogP contribution in [0.2, 0.25) is 0 Å². The number of carbonyl (C=O) groups is 2. The van der Waals surface area contributed by atoms with E-state index < -0.39 is 0 Å². The Kier molecular flexibility index (Phi) is 3.82. The van der Waals surface area contributed by atoms with Gasteiger partial charge in [-0.1, -0.05) is 23.9 Å². The number of halogens is 1. The molecule has 0 spiro atoms. The highest BCUT2D eigenvalue weighted by molar-refractivity contribution is 9.10. The summed E-state index contributed by atoms with van der Waals surface area (Å²) in [5.74, 6) is 0.459. The summed E-state index contributed by atoms with van der Waals surface area (Å²) in [4.78, 5) is 29.2. The molecule has 1 aliphatic rings. The third-order valence-corrected chi connectivity index (χ3v) is 5.10. The number of pyridine rings is 1. The van der Waals surface area contributed by atoms with Gasteiger partial charge in [0.15, 0.2) is 10.9 Å². The first-order valence-electron chi connectivity index (χ1n) is 7.16. The second-order valence-electron chi connectivity index (χ2n) is 5.28. The lowest BCUT2D eigenvalue weighted by atomic mass is 10.1. The molecule has 3 heterocycles. The van der Waals surface area contributed by atoms with Crippen LogP contribution < -0.4 is 0 Å². The lowest BCUT2D eigenvalue weighted by molar-refractivity contribution is -0.110. The van der Waals surface area contributed by atoms with E-state index in [-0.39, 0.29) is 10.9 Å². The normalized spacial score (nSPS) is 13.1. The van der Waals surface area contributed by atoms with E-state index in [1.807, 2.05) is 18.2 Å². The molecule has 4 rings (SSSR count). The molecule has 0 atom stereocenters. The third-order valence-electron chi connectivity index (χ3n) is 3.66. The minimum Gasteiger partial charge on any atom is -0.287 e. The molecule has 24 heavy (non-hydrogen) atoms. The smallest absolute Gasteiger partial charge is 0.213 e. The minimum atomic E-state index is -0.173. The van der Waals surface area contributed by atoms with Gasteiger partial charge in [0.25, 0.3) is 0 Å². The summed E-state index contributed by atoms with van der Waals surface area (Å²) in [7, 11) is 0. The van der Waals surface area contributed by atoms with Crippen LogP contribution in [-0.2, 0) is 11.2 Å². The molecule has 0 unspecified atom stereocenters. The van der Waals surface area contributed by atoms with Crippen molar-refractivity contribution in [2.24, 2.45) is 0 Å². The maximum Gasteiger partial charge on any atom is 0.213 e. The highest BCUT2D eigenvalue weighted by Crippen LogP contribution is 2.33. The van der Waals surface area contributed by atoms with Crippen LogP contribution >= 0.6 is 27.7 Å². The number of aromatic nitrogens is 3. The summed E-state index contributed by atoms with van der Waals surface area (Å²) in [6, 6.07) is 10.7. The van der Waals surface area contributed by atoms with Gasteiger partial charge < -0.3 is 0 Å². The van der Waals surface area contributed by atoms with E-state index in [4.69, 9.17) is 0 Å². The van der Waals surface area contributed by atoms with Crippen molar-refractivity contribution in [2.45, 2.75) is 11.3 Å². The highest BCUT2D eigenvalue weighted by Gasteiger charge is 2.22. The van der Waals surface area contributed by atoms with Crippen LogP contribution in [0.25, 0.3) is 5.82 Å². The number of benzene rings is 1. The summed E-state index contributed by atoms with van der Waals surface area (Å²) in [6.45, 7) is 0. The van der Waals surface area contributed by atoms with Crippen molar-refractivity contribution in [3.05, 3.63) is 70.1 Å². The maximum atomic E-state index is 12.6. The second kappa shape index (κ2) is 5.99. The molecule has 118 valence electrons. The van der Waals surface area contributed by atoms with Crippen LogP contribution in [0.4, 0.5) is 0 Å². The minimum absolute atomic E-state index is 0.111. The number of hydrogen-bond acceptors (Lipinski definition) is 5. The first-order chi connectivity index (χ1) is 11.6. The molecule has 0 fully saturated rings. The lowest BCUT2D eigenvalue weighted by Gasteiger charge is -2.02. The third kappa shape index (κ3) is 2.81. The Morgan fingerprint density at radius 1 is 1.21 bits per heavy atom. The summed E-state index contributed by atoms with van der Waals surface area (Å²) in [5, 5.41) is 4.42. The molecule has 0 amide bonds. The molecular weight excluding hydrogens is 390 g/mol. The number of fused-ring (bicyclic) bond motifs is 1. The van der Waals surface area contributed by atoms with E-state index in [0.29, 0.717) is 23.5 Å². The van der Waals surface area contributed by atoms with Gasteiger partial charge in [0.05, 0.1) is 0 Å². The molecule has 3 aromatic rings. The summed E-state index contributed by atoms with van der Waals surface area (Å²) < 4.78 is 2.44. The van der Waals surface area contributed by atoms with Crippen molar-refractivity contribution in [2.75, 3.05) is 0 Å². The molecule has 1 aromatic carbocycles. The molecule has 2 aromatic heterocycles. The van der Waals surface area contributed by atoms with Crippen molar-refractivity contribution in [1.29, 1.82) is 0 Å². The van der Waals surface area contributed by atoms with Crippen LogP contribution in [-0.4, -0.2) is 25.7 Å². The summed E-state index contributed by atoms with van der Waals surface area (Å²) >= 11 is 4.52. The SMILES string of the molecule is O=C1Cc2ccc(C(=O)c3ccn(-c4ccc(Br)cn4)n3)cc2S1. The number of nitrogens with zero attached hydrogens (tertiary/aromatic N) is 3. The largest absolute Gasteiger partial charge is 0.287 e. The van der Waals surface area contributed by atoms with E-state index in [1.165, 1.54) is 11.8 Å². The molecule has 0 N–H and O–H groups in total. The predicted octanol–water partition coefficient (Wildman–Crippen LogP) is 3.44. The zero-order valence-electron chi connectivity index (χ0n) is 12.3. The van der Waals surface area contributed by atoms with Gasteiger partial charge >= 0.3 is 0 Å². The van der Waals surface area contributed by atoms with Crippen LogP contribution in [0, 0.1) is 0 Å². The van der Waals surface area contributed by atoms with E-state index >= 15 is 0 Å². The van der Waals surface area contributed by atoms with Crippen molar-refractivity contribution >= 4 is 38.6 Å². The molecule has 0 saturated heterocycles. The Balaban J connectivity index is 1.63. The summed E-state index contributed by atoms with van der Waals surface area (Å²) in [5.41, 5.74) is 1.85. The topological polar surface area (TPSA) is 64.8 Å². The zero-order chi connectivity index (χ0) is 16.7. The van der Waals surface area contributed by atoms with Gasteiger partial charge in [0.2, 0.25) is 5.78 Å². The van der Waals surface area contributed by atoms with Crippen LogP contribution in [0.1, 0.15) is 21.6 Å². The highest BCUT2D eigenvalue weighted by atomic mass is 79.9. The molecule has 5 nitrogen and oxygen atoms in total. The van der Waals surface area contributed by atoms with E-state index in [9.17, 15) is 9.59 Å². The summed E-state index contributed by atoms with van der Waals surface area (Å²) in [6.07, 6.45) is 3.81. The first kappa shape index (κ1) is 15.3. The lowest BCUT2D eigenvalue weighted by Crippen LogP contribution is -2.05. The van der Waals surface area contributed by atoms with Crippen molar-refractivity contribution in [1.82, 2.24) is 14.8 Å². The van der Waals surface area contributed by atoms with Crippen molar-refractivity contribution < 1.29 is 9.59 Å². The molecule has 0 aliphatic carbocycles. The predicted molar refractivity (Wildman–Crippen MR) is 93.5 cm³/mol. The number of ketones is 1. The zero-order valence-corrected chi connectivity index (χ0v) is 14.7. The molecule has 0 radical (unpaired) electrons. The Bertz CT molecular complexity index is 966. The van der Waals surface area contributed by atoms with Gasteiger partial charge in [0.1, 0.15) is 5.69 Å². The van der Waals surface area contributed by atoms with E-state index in [1.54, 1.807) is 35.3 Å². The second-order valence-corrected chi connectivity index (χ2v) is 7.30. The molecule has 7 heteroatoms. The molecule has 0 bridgehead atoms. The van der Waals surface area contributed by atoms with Gasteiger partial charge in [-0.3, -0.25) is 9.59 Å². The number of hydrogen-bond donors (Lipinski definition) is 0. The fraction of sp³-hybridized carbons (Fsp3) is 0.0588. The van der Waals surface area contributed by atoms with Crippen molar-refractivity contribution in [3.63, 3.8) is 0 Å². The Morgan fingerprint density at radius 3 is 2.88 bits per heavy atom. The quantitative estimate of drug-likeness (QED) is 0.631. The van der Waals surface area contributed by atoms with Crippen LogP contribution in [0.15, 0.2) is 58.2 Å². The number of thioether (sulfide) groups is 1. The number of carbonyl (C=O) groups excluding carboxylic acids is 2. The van der Waals surface area contributed by atoms with Crippen LogP contribution in [0.3, 0.4) is 0 Å². The van der Waals surface area contributed by atoms with E-state index in [2.05, 4.69) is 26.0 Å². The Labute approximate surface area is 150 Å². The van der Waals surface area contributed by atoms with Gasteiger partial charge in [-0.2, -0.15) is 5.10 Å². The first-order valence-corrected chi connectivity index (χ1v) is 8.77. The number of rotatable bonds is 3. The van der Waals surface area contributed by atoms with Crippen LogP contribution in [0.5, 0.6) is 0 Å². The average molecular weight is 400 g/mol. The fourth-order valence-corrected chi connectivity index (χ4v) is 3.64. The molecule has 0 saturated carbocycles. The average Bonchev–Trinajstić information content (AvgIpc) is 3.20. The molecular formula is C17H10BrN3O2S. The maximum absolute atomic E-state index is 12.6. The van der Waals surface area contributed by atoms with Gasteiger partial charge in [-0.25, -0.2) is 9.67 Å². The van der Waals surface area contributed by atoms with E-state index in [0.717, 1.165) is 14.9 Å². The molecule has 1 aliphatic heterocycles. The van der Waals surface area contributed by atoms with Gasteiger partial charge in [0, 0.05) is 33.7 Å². The van der Waals surface area contributed by atoms with Gasteiger partial charge in [-0.15, -0.1) is 0 Å². The fourth-order valence-electron chi connectivity index (χ4n) is 2.48. The van der Waals surface area contributed by atoms with Gasteiger partial charge in [-0.05, 0) is 45.8 Å². The Morgan fingerprint density at radius 2 is 2.08 bits per heavy atom. The standard InChI is InChI=1S/C17H10BrN3O2S/c18-12-3-4-15(19-9-12)21-6-5-13(20-21)17(23)11-2-1-10-8-16(22)24-14(10)7-11/h1-7,9H,8H2. The van der Waals surface area contributed by atoms with Crippen molar-refractivity contribution in [3.8, 4) is 5.82 Å². The monoisotopic (exact) mass is 399 g/mol.